The van der Waals surface area contributed by atoms with Crippen molar-refractivity contribution in [2.45, 2.75) is 25.3 Å². The summed E-state index contributed by atoms with van der Waals surface area (Å²) in [7, 11) is 0. The molecule has 1 saturated carbocycles. The molecule has 1 aliphatic carbocycles. The van der Waals surface area contributed by atoms with Crippen molar-refractivity contribution >= 4 is 17.3 Å². The lowest BCUT2D eigenvalue weighted by Crippen LogP contribution is -2.22. The molecular formula is C21H21N5O. The maximum Gasteiger partial charge on any atom is 0.228 e. The maximum absolute atomic E-state index is 12.7. The smallest absolute Gasteiger partial charge is 0.228 e. The first-order valence-electron chi connectivity index (χ1n) is 9.36. The summed E-state index contributed by atoms with van der Waals surface area (Å²) in [6.07, 6.45) is 3.39. The Balaban J connectivity index is 1.30. The third-order valence-electron chi connectivity index (χ3n) is 5.53. The van der Waals surface area contributed by atoms with E-state index in [1.54, 1.807) is 0 Å². The summed E-state index contributed by atoms with van der Waals surface area (Å²) >= 11 is 0. The number of para-hydroxylation sites is 2. The molecule has 6 heteroatoms. The van der Waals surface area contributed by atoms with Gasteiger partial charge in [-0.25, -0.2) is 4.98 Å². The summed E-state index contributed by atoms with van der Waals surface area (Å²) in [5.74, 6) is 0.992. The normalized spacial score (nSPS) is 20.4. The van der Waals surface area contributed by atoms with Crippen molar-refractivity contribution in [3.05, 3.63) is 71.8 Å². The summed E-state index contributed by atoms with van der Waals surface area (Å²) in [5, 5.41) is 9.88. The summed E-state index contributed by atoms with van der Waals surface area (Å²) in [6, 6.07) is 16.6. The minimum absolute atomic E-state index is 0.0291. The average molecular weight is 359 g/mol. The molecule has 6 nitrogen and oxygen atoms in total. The minimum Gasteiger partial charge on any atom is -0.367 e. The van der Waals surface area contributed by atoms with Gasteiger partial charge < -0.3 is 10.2 Å². The van der Waals surface area contributed by atoms with Gasteiger partial charge in [0.2, 0.25) is 5.91 Å². The SMILES string of the molecule is O=C(Nc1ccccc1CN1CCc2ccccc21)C1CC1c1ncn[nH]1. The van der Waals surface area contributed by atoms with E-state index in [0.29, 0.717) is 0 Å². The number of anilines is 2. The topological polar surface area (TPSA) is 73.9 Å². The van der Waals surface area contributed by atoms with E-state index in [2.05, 4.69) is 55.7 Å². The largest absolute Gasteiger partial charge is 0.367 e. The van der Waals surface area contributed by atoms with Crippen molar-refractivity contribution in [3.63, 3.8) is 0 Å². The van der Waals surface area contributed by atoms with Gasteiger partial charge in [-0.2, -0.15) is 5.10 Å². The van der Waals surface area contributed by atoms with Crippen molar-refractivity contribution in [2.24, 2.45) is 5.92 Å². The number of amides is 1. The first-order chi connectivity index (χ1) is 13.3. The highest BCUT2D eigenvalue weighted by molar-refractivity contribution is 5.95. The number of hydrogen-bond acceptors (Lipinski definition) is 4. The van der Waals surface area contributed by atoms with Crippen molar-refractivity contribution < 1.29 is 4.79 Å². The molecule has 5 rings (SSSR count). The zero-order valence-electron chi connectivity index (χ0n) is 14.9. The van der Waals surface area contributed by atoms with Crippen molar-refractivity contribution in [3.8, 4) is 0 Å². The molecule has 1 amide bonds. The predicted molar refractivity (Wildman–Crippen MR) is 103 cm³/mol. The Labute approximate surface area is 157 Å². The third-order valence-corrected chi connectivity index (χ3v) is 5.53. The number of H-pyrrole nitrogens is 1. The molecule has 2 aromatic carbocycles. The first kappa shape index (κ1) is 16.1. The van der Waals surface area contributed by atoms with Crippen LogP contribution < -0.4 is 10.2 Å². The van der Waals surface area contributed by atoms with Gasteiger partial charge in [0.15, 0.2) is 0 Å². The molecule has 0 spiro atoms. The zero-order valence-corrected chi connectivity index (χ0v) is 14.9. The van der Waals surface area contributed by atoms with E-state index < -0.39 is 0 Å². The number of benzene rings is 2. The van der Waals surface area contributed by atoms with Crippen LogP contribution in [0.3, 0.4) is 0 Å². The monoisotopic (exact) mass is 359 g/mol. The number of nitrogens with one attached hydrogen (secondary N) is 2. The van der Waals surface area contributed by atoms with Crippen LogP contribution in [0.25, 0.3) is 0 Å². The van der Waals surface area contributed by atoms with E-state index in [1.807, 2.05) is 18.2 Å². The average Bonchev–Trinajstić information content (AvgIpc) is 3.12. The number of aromatic amines is 1. The van der Waals surface area contributed by atoms with E-state index in [1.165, 1.54) is 17.6 Å². The standard InChI is InChI=1S/C21H21N5O/c27-21(17-11-16(17)20-22-13-23-25-20)24-18-7-3-1-6-15(18)12-26-10-9-14-5-2-4-8-19(14)26/h1-8,13,16-17H,9-12H2,(H,24,27)(H,22,23,25). The molecule has 3 aromatic rings. The summed E-state index contributed by atoms with van der Waals surface area (Å²) in [4.78, 5) is 19.2. The van der Waals surface area contributed by atoms with E-state index in [9.17, 15) is 4.79 Å². The van der Waals surface area contributed by atoms with Crippen LogP contribution in [0.4, 0.5) is 11.4 Å². The van der Waals surface area contributed by atoms with Crippen LogP contribution in [0.2, 0.25) is 0 Å². The van der Waals surface area contributed by atoms with Crippen molar-refractivity contribution in [1.29, 1.82) is 0 Å². The Bertz CT molecular complexity index is 968. The molecule has 1 aromatic heterocycles. The number of carbonyl (C=O) groups excluding carboxylic acids is 1. The predicted octanol–water partition coefficient (Wildman–Crippen LogP) is 3.11. The highest BCUT2D eigenvalue weighted by Crippen LogP contribution is 2.46. The molecule has 2 heterocycles. The number of aromatic nitrogens is 3. The second-order valence-corrected chi connectivity index (χ2v) is 7.27. The number of fused-ring (bicyclic) bond motifs is 1. The van der Waals surface area contributed by atoms with Gasteiger partial charge in [0.25, 0.3) is 0 Å². The molecule has 2 unspecified atom stereocenters. The van der Waals surface area contributed by atoms with Crippen LogP contribution in [0.5, 0.6) is 0 Å². The van der Waals surface area contributed by atoms with E-state index in [4.69, 9.17) is 0 Å². The lowest BCUT2D eigenvalue weighted by Gasteiger charge is -2.21. The Morgan fingerprint density at radius 1 is 1.19 bits per heavy atom. The van der Waals surface area contributed by atoms with Gasteiger partial charge in [0.1, 0.15) is 12.2 Å². The molecule has 1 aliphatic heterocycles. The molecule has 1 fully saturated rings. The van der Waals surface area contributed by atoms with Crippen LogP contribution in [0.15, 0.2) is 54.9 Å². The second-order valence-electron chi connectivity index (χ2n) is 7.27. The highest BCUT2D eigenvalue weighted by Gasteiger charge is 2.46. The van der Waals surface area contributed by atoms with Crippen LogP contribution in [0, 0.1) is 5.92 Å². The summed E-state index contributed by atoms with van der Waals surface area (Å²) in [5.41, 5.74) is 4.73. The maximum atomic E-state index is 12.7. The molecular weight excluding hydrogens is 338 g/mol. The number of hydrogen-bond donors (Lipinski definition) is 2. The van der Waals surface area contributed by atoms with Crippen molar-refractivity contribution in [2.75, 3.05) is 16.8 Å². The van der Waals surface area contributed by atoms with E-state index in [0.717, 1.165) is 43.0 Å². The molecule has 0 saturated heterocycles. The van der Waals surface area contributed by atoms with E-state index >= 15 is 0 Å². The van der Waals surface area contributed by atoms with Gasteiger partial charge in [-0.15, -0.1) is 0 Å². The van der Waals surface area contributed by atoms with Gasteiger partial charge >= 0.3 is 0 Å². The fourth-order valence-corrected chi connectivity index (χ4v) is 3.96. The van der Waals surface area contributed by atoms with Gasteiger partial charge in [-0.1, -0.05) is 36.4 Å². The summed E-state index contributed by atoms with van der Waals surface area (Å²) in [6.45, 7) is 1.81. The lowest BCUT2D eigenvalue weighted by molar-refractivity contribution is -0.117. The first-order valence-corrected chi connectivity index (χ1v) is 9.36. The van der Waals surface area contributed by atoms with Gasteiger partial charge in [0.05, 0.1) is 0 Å². The Morgan fingerprint density at radius 3 is 2.93 bits per heavy atom. The van der Waals surface area contributed by atoms with Crippen LogP contribution in [0.1, 0.15) is 29.3 Å². The molecule has 2 N–H and O–H groups in total. The fraction of sp³-hybridized carbons (Fsp3) is 0.286. The molecule has 2 aliphatic rings. The number of rotatable bonds is 5. The van der Waals surface area contributed by atoms with Crippen molar-refractivity contribution in [1.82, 2.24) is 15.2 Å². The van der Waals surface area contributed by atoms with Gasteiger partial charge in [-0.3, -0.25) is 9.89 Å². The van der Waals surface area contributed by atoms with Crippen LogP contribution in [-0.4, -0.2) is 27.6 Å². The van der Waals surface area contributed by atoms with Gasteiger partial charge in [0, 0.05) is 36.3 Å². The number of nitrogens with zero attached hydrogens (tertiary/aromatic N) is 3. The Hall–Kier alpha value is -3.15. The molecule has 2 atom stereocenters. The molecule has 136 valence electrons. The number of carbonyl (C=O) groups is 1. The van der Waals surface area contributed by atoms with Crippen LogP contribution >= 0.6 is 0 Å². The quantitative estimate of drug-likeness (QED) is 0.734. The summed E-state index contributed by atoms with van der Waals surface area (Å²) < 4.78 is 0. The Morgan fingerprint density at radius 2 is 2.04 bits per heavy atom. The van der Waals surface area contributed by atoms with E-state index in [-0.39, 0.29) is 17.7 Å². The minimum atomic E-state index is -0.0291. The van der Waals surface area contributed by atoms with Crippen LogP contribution in [-0.2, 0) is 17.8 Å². The second kappa shape index (κ2) is 6.54. The molecule has 0 bridgehead atoms. The highest BCUT2D eigenvalue weighted by atomic mass is 16.2. The fourth-order valence-electron chi connectivity index (χ4n) is 3.96. The lowest BCUT2D eigenvalue weighted by atomic mass is 10.1. The Kier molecular flexibility index (Phi) is 3.89. The zero-order chi connectivity index (χ0) is 18.2. The molecule has 27 heavy (non-hydrogen) atoms. The third kappa shape index (κ3) is 3.07. The molecule has 0 radical (unpaired) electrons. The van der Waals surface area contributed by atoms with Gasteiger partial charge in [-0.05, 0) is 36.1 Å².